The first-order chi connectivity index (χ1) is 12.3. The Labute approximate surface area is 162 Å². The number of sulfonamides is 1. The van der Waals surface area contributed by atoms with E-state index >= 15 is 0 Å². The van der Waals surface area contributed by atoms with Crippen molar-refractivity contribution in [3.63, 3.8) is 0 Å². The van der Waals surface area contributed by atoms with Crippen LogP contribution in [0.15, 0.2) is 55.0 Å². The zero-order valence-corrected chi connectivity index (χ0v) is 16.7. The Morgan fingerprint density at radius 2 is 2.08 bits per heavy atom. The van der Waals surface area contributed by atoms with Crippen molar-refractivity contribution in [2.75, 3.05) is 4.72 Å². The predicted molar refractivity (Wildman–Crippen MR) is 99.6 cm³/mol. The molecule has 3 rings (SSSR count). The number of ether oxygens (including phenoxy) is 1. The Kier molecular flexibility index (Phi) is 5.44. The number of carbonyl (C=O) groups is 1. The van der Waals surface area contributed by atoms with E-state index in [1.807, 2.05) is 0 Å². The van der Waals surface area contributed by atoms with Gasteiger partial charge in [-0.1, -0.05) is 17.3 Å². The number of anilines is 1. The number of hydrogen-bond donors (Lipinski definition) is 1. The highest BCUT2D eigenvalue weighted by Crippen LogP contribution is 2.28. The maximum absolute atomic E-state index is 12.5. The van der Waals surface area contributed by atoms with Gasteiger partial charge in [0.25, 0.3) is 10.0 Å². The van der Waals surface area contributed by atoms with Gasteiger partial charge in [-0.15, -0.1) is 11.3 Å². The molecule has 136 valence electrons. The Bertz CT molecular complexity index is 1040. The molecule has 0 radical (unpaired) electrons. The molecule has 0 unspecified atom stereocenters. The topological polar surface area (TPSA) is 98.5 Å². The largest absolute Gasteiger partial charge is 0.454 e. The van der Waals surface area contributed by atoms with E-state index in [0.717, 1.165) is 11.3 Å². The van der Waals surface area contributed by atoms with Gasteiger partial charge in [0.2, 0.25) is 0 Å². The molecule has 2 aromatic heterocycles. The van der Waals surface area contributed by atoms with Gasteiger partial charge in [0, 0.05) is 6.07 Å². The van der Waals surface area contributed by atoms with Gasteiger partial charge in [0.15, 0.2) is 12.4 Å². The highest BCUT2D eigenvalue weighted by Gasteiger charge is 2.21. The number of aryl methyl sites for hydroxylation is 1. The number of benzene rings is 1. The van der Waals surface area contributed by atoms with Crippen LogP contribution in [0.1, 0.15) is 21.8 Å². The fourth-order valence-electron chi connectivity index (χ4n) is 2.09. The second-order valence-corrected chi connectivity index (χ2v) is 9.59. The van der Waals surface area contributed by atoms with Crippen molar-refractivity contribution < 1.29 is 22.5 Å². The van der Waals surface area contributed by atoms with Crippen LogP contribution in [0.5, 0.6) is 0 Å². The van der Waals surface area contributed by atoms with E-state index in [1.54, 1.807) is 31.2 Å². The van der Waals surface area contributed by atoms with Gasteiger partial charge in [-0.25, -0.2) is 13.2 Å². The monoisotopic (exact) mass is 456 g/mol. The van der Waals surface area contributed by atoms with Gasteiger partial charge in [-0.2, -0.15) is 0 Å². The molecule has 1 N–H and O–H groups in total. The summed E-state index contributed by atoms with van der Waals surface area (Å²) in [6.45, 7) is 1.65. The van der Waals surface area contributed by atoms with Crippen LogP contribution in [0.4, 0.5) is 5.69 Å². The van der Waals surface area contributed by atoms with Gasteiger partial charge >= 0.3 is 5.97 Å². The number of carbonyl (C=O) groups excluding carboxylic acids is 1. The van der Waals surface area contributed by atoms with Crippen molar-refractivity contribution in [1.29, 1.82) is 0 Å². The van der Waals surface area contributed by atoms with Crippen molar-refractivity contribution in [3.05, 3.63) is 63.3 Å². The van der Waals surface area contributed by atoms with Crippen LogP contribution in [-0.2, 0) is 21.4 Å². The maximum atomic E-state index is 12.5. The van der Waals surface area contributed by atoms with Crippen LogP contribution in [0, 0.1) is 6.92 Å². The summed E-state index contributed by atoms with van der Waals surface area (Å²) in [4.78, 5) is 12.3. The van der Waals surface area contributed by atoms with Crippen molar-refractivity contribution in [2.45, 2.75) is 17.7 Å². The predicted octanol–water partition coefficient (Wildman–Crippen LogP) is 3.96. The van der Waals surface area contributed by atoms with Gasteiger partial charge in [0.05, 0.1) is 20.7 Å². The molecule has 10 heteroatoms. The minimum absolute atomic E-state index is 0.0986. The number of nitrogens with zero attached hydrogens (tertiary/aromatic N) is 1. The second-order valence-electron chi connectivity index (χ2n) is 5.22. The first-order valence-electron chi connectivity index (χ1n) is 7.31. The Balaban J connectivity index is 1.78. The fraction of sp³-hybridized carbons (Fsp3) is 0.125. The summed E-state index contributed by atoms with van der Waals surface area (Å²) in [6, 6.07) is 11.0. The van der Waals surface area contributed by atoms with E-state index in [-0.39, 0.29) is 22.1 Å². The zero-order valence-electron chi connectivity index (χ0n) is 13.4. The average molecular weight is 457 g/mol. The lowest BCUT2D eigenvalue weighted by Gasteiger charge is -2.11. The minimum Gasteiger partial charge on any atom is -0.454 e. The molecule has 0 aliphatic carbocycles. The van der Waals surface area contributed by atoms with Crippen LogP contribution >= 0.6 is 27.3 Å². The molecule has 0 saturated heterocycles. The summed E-state index contributed by atoms with van der Waals surface area (Å²) in [5, 5.41) is 3.71. The fourth-order valence-corrected chi connectivity index (χ4v) is 5.18. The Hall–Kier alpha value is -2.17. The summed E-state index contributed by atoms with van der Waals surface area (Å²) >= 11 is 4.30. The molecule has 0 aliphatic heterocycles. The summed E-state index contributed by atoms with van der Waals surface area (Å²) in [7, 11) is -3.81. The third kappa shape index (κ3) is 4.32. The van der Waals surface area contributed by atoms with E-state index in [4.69, 9.17) is 9.26 Å². The second kappa shape index (κ2) is 7.60. The number of rotatable bonds is 6. The lowest BCUT2D eigenvalue weighted by Crippen LogP contribution is -2.15. The summed E-state index contributed by atoms with van der Waals surface area (Å²) in [5.41, 5.74) is 0.907. The van der Waals surface area contributed by atoms with Crippen LogP contribution in [-0.4, -0.2) is 19.5 Å². The molecule has 2 heterocycles. The lowest BCUT2D eigenvalue weighted by atomic mass is 10.2. The van der Waals surface area contributed by atoms with Gasteiger partial charge in [-0.3, -0.25) is 4.72 Å². The third-order valence-electron chi connectivity index (χ3n) is 3.23. The number of hydrogen-bond acceptors (Lipinski definition) is 7. The van der Waals surface area contributed by atoms with Gasteiger partial charge in [0.1, 0.15) is 4.21 Å². The number of esters is 1. The van der Waals surface area contributed by atoms with Crippen molar-refractivity contribution in [2.24, 2.45) is 0 Å². The Morgan fingerprint density at radius 1 is 1.31 bits per heavy atom. The maximum Gasteiger partial charge on any atom is 0.340 e. The highest BCUT2D eigenvalue weighted by molar-refractivity contribution is 9.11. The first kappa shape index (κ1) is 18.6. The number of halogens is 1. The molecule has 1 aromatic carbocycles. The summed E-state index contributed by atoms with van der Waals surface area (Å²) in [5.74, 6) is -0.276. The van der Waals surface area contributed by atoms with Crippen LogP contribution in [0.2, 0.25) is 0 Å². The molecule has 0 aliphatic rings. The smallest absolute Gasteiger partial charge is 0.340 e. The number of para-hydroxylation sites is 1. The van der Waals surface area contributed by atoms with E-state index < -0.39 is 16.0 Å². The molecular formula is C16H13BrN2O5S2. The van der Waals surface area contributed by atoms with Gasteiger partial charge < -0.3 is 9.26 Å². The van der Waals surface area contributed by atoms with E-state index in [9.17, 15) is 13.2 Å². The zero-order chi connectivity index (χ0) is 18.7. The molecule has 7 nitrogen and oxygen atoms in total. The molecule has 0 bridgehead atoms. The average Bonchev–Trinajstić information content (AvgIpc) is 3.21. The SMILES string of the molecule is Cc1cc(COC(=O)c2ccccc2NS(=O)(=O)c2ccc(Br)s2)on1. The molecule has 0 amide bonds. The number of nitrogens with one attached hydrogen (secondary N) is 1. The minimum atomic E-state index is -3.81. The molecular weight excluding hydrogens is 444 g/mol. The molecule has 26 heavy (non-hydrogen) atoms. The standard InChI is InChI=1S/C16H13BrN2O5S2/c1-10-8-11(24-18-10)9-23-16(20)12-4-2-3-5-13(12)19-26(21,22)15-7-6-14(17)25-15/h2-8,19H,9H2,1H3. The molecule has 0 atom stereocenters. The van der Waals surface area contributed by atoms with Crippen LogP contribution in [0.3, 0.4) is 0 Å². The quantitative estimate of drug-likeness (QED) is 0.563. The highest BCUT2D eigenvalue weighted by atomic mass is 79.9. The van der Waals surface area contributed by atoms with Crippen LogP contribution in [0.25, 0.3) is 0 Å². The molecule has 0 spiro atoms. The molecule has 3 aromatic rings. The van der Waals surface area contributed by atoms with E-state index in [0.29, 0.717) is 15.2 Å². The third-order valence-corrected chi connectivity index (χ3v) is 6.71. The Morgan fingerprint density at radius 3 is 2.73 bits per heavy atom. The van der Waals surface area contributed by atoms with E-state index in [1.165, 1.54) is 18.2 Å². The van der Waals surface area contributed by atoms with Crippen LogP contribution < -0.4 is 4.72 Å². The number of thiophene rings is 1. The van der Waals surface area contributed by atoms with Crippen molar-refractivity contribution in [3.8, 4) is 0 Å². The van der Waals surface area contributed by atoms with Crippen molar-refractivity contribution in [1.82, 2.24) is 5.16 Å². The lowest BCUT2D eigenvalue weighted by molar-refractivity contribution is 0.0438. The first-order valence-corrected chi connectivity index (χ1v) is 10.4. The summed E-state index contributed by atoms with van der Waals surface area (Å²) < 4.78 is 38.4. The normalized spacial score (nSPS) is 11.3. The van der Waals surface area contributed by atoms with Crippen molar-refractivity contribution >= 4 is 48.9 Å². The summed E-state index contributed by atoms with van der Waals surface area (Å²) in [6.07, 6.45) is 0. The molecule has 0 saturated carbocycles. The number of aromatic nitrogens is 1. The van der Waals surface area contributed by atoms with Gasteiger partial charge in [-0.05, 0) is 47.1 Å². The van der Waals surface area contributed by atoms with E-state index in [2.05, 4.69) is 25.8 Å². The molecule has 0 fully saturated rings.